The maximum Gasteiger partial charge on any atom is 0.251 e. The van der Waals surface area contributed by atoms with Crippen molar-refractivity contribution in [3.63, 3.8) is 0 Å². The van der Waals surface area contributed by atoms with Gasteiger partial charge in [-0.05, 0) is 42.3 Å². The number of benzene rings is 2. The molecule has 0 aliphatic carbocycles. The molecule has 0 unspecified atom stereocenters. The van der Waals surface area contributed by atoms with Crippen LogP contribution in [0.5, 0.6) is 0 Å². The highest BCUT2D eigenvalue weighted by Gasteiger charge is 2.19. The summed E-state index contributed by atoms with van der Waals surface area (Å²) in [6.07, 6.45) is 0. The van der Waals surface area contributed by atoms with Crippen LogP contribution in [-0.4, -0.2) is 21.4 Å². The zero-order valence-corrected chi connectivity index (χ0v) is 13.6. The van der Waals surface area contributed by atoms with Gasteiger partial charge >= 0.3 is 0 Å². The van der Waals surface area contributed by atoms with Crippen molar-refractivity contribution in [3.05, 3.63) is 65.0 Å². The molecule has 2 N–H and O–H groups in total. The van der Waals surface area contributed by atoms with Crippen molar-refractivity contribution in [1.82, 2.24) is 10.0 Å². The Morgan fingerprint density at radius 3 is 2.61 bits per heavy atom. The number of halogens is 1. The summed E-state index contributed by atoms with van der Waals surface area (Å²) in [5, 5.41) is 2.49. The van der Waals surface area contributed by atoms with E-state index >= 15 is 0 Å². The molecule has 2 aromatic rings. The van der Waals surface area contributed by atoms with Gasteiger partial charge in [-0.3, -0.25) is 4.79 Å². The average Bonchev–Trinajstić information content (AvgIpc) is 2.54. The minimum atomic E-state index is -3.98. The molecule has 0 aromatic heterocycles. The highest BCUT2D eigenvalue weighted by atomic mass is 32.2. The predicted molar refractivity (Wildman–Crippen MR) is 85.0 cm³/mol. The Balaban J connectivity index is 2.20. The third kappa shape index (κ3) is 4.14. The number of amides is 1. The fraction of sp³-hybridized carbons (Fsp3) is 0.188. The molecule has 7 heteroatoms. The molecule has 1 amide bonds. The molecule has 23 heavy (non-hydrogen) atoms. The van der Waals surface area contributed by atoms with Gasteiger partial charge in [0.2, 0.25) is 10.0 Å². The van der Waals surface area contributed by atoms with Gasteiger partial charge in [-0.1, -0.05) is 18.2 Å². The fourth-order valence-electron chi connectivity index (χ4n) is 2.04. The van der Waals surface area contributed by atoms with Crippen LogP contribution in [0.4, 0.5) is 4.39 Å². The van der Waals surface area contributed by atoms with Crippen molar-refractivity contribution < 1.29 is 17.6 Å². The molecule has 0 aliphatic rings. The summed E-state index contributed by atoms with van der Waals surface area (Å²) in [6, 6.07) is 10.4. The Morgan fingerprint density at radius 1 is 1.17 bits per heavy atom. The highest BCUT2D eigenvalue weighted by Crippen LogP contribution is 2.16. The van der Waals surface area contributed by atoms with Gasteiger partial charge in [-0.15, -0.1) is 0 Å². The standard InChI is InChI=1S/C16H17FN2O3S/c1-11-6-7-14(17)15(8-11)23(21,22)19-10-12-4-3-5-13(9-12)16(20)18-2/h3-9,19H,10H2,1-2H3,(H,18,20). The Morgan fingerprint density at radius 2 is 1.91 bits per heavy atom. The lowest BCUT2D eigenvalue weighted by Gasteiger charge is -2.09. The molecule has 0 aliphatic heterocycles. The van der Waals surface area contributed by atoms with E-state index in [1.165, 1.54) is 19.2 Å². The van der Waals surface area contributed by atoms with Gasteiger partial charge in [0.1, 0.15) is 10.7 Å². The van der Waals surface area contributed by atoms with Gasteiger partial charge in [-0.25, -0.2) is 17.5 Å². The molecule has 2 rings (SSSR count). The molecule has 0 saturated heterocycles. The van der Waals surface area contributed by atoms with E-state index in [2.05, 4.69) is 10.0 Å². The van der Waals surface area contributed by atoms with Crippen LogP contribution in [0.3, 0.4) is 0 Å². The van der Waals surface area contributed by atoms with E-state index in [4.69, 9.17) is 0 Å². The zero-order valence-electron chi connectivity index (χ0n) is 12.8. The number of sulfonamides is 1. The van der Waals surface area contributed by atoms with Gasteiger partial charge < -0.3 is 5.32 Å². The second-order valence-corrected chi connectivity index (χ2v) is 6.77. The highest BCUT2D eigenvalue weighted by molar-refractivity contribution is 7.89. The fourth-order valence-corrected chi connectivity index (χ4v) is 3.22. The summed E-state index contributed by atoms with van der Waals surface area (Å²) in [4.78, 5) is 11.2. The largest absolute Gasteiger partial charge is 0.355 e. The lowest BCUT2D eigenvalue weighted by Crippen LogP contribution is -2.24. The smallest absolute Gasteiger partial charge is 0.251 e. The predicted octanol–water partition coefficient (Wildman–Crippen LogP) is 1.97. The summed E-state index contributed by atoms with van der Waals surface area (Å²) in [5.41, 5.74) is 1.67. The molecule has 0 radical (unpaired) electrons. The number of nitrogens with one attached hydrogen (secondary N) is 2. The molecule has 0 heterocycles. The van der Waals surface area contributed by atoms with E-state index < -0.39 is 15.8 Å². The number of rotatable bonds is 5. The Labute approximate surface area is 134 Å². The number of carbonyl (C=O) groups is 1. The lowest BCUT2D eigenvalue weighted by molar-refractivity contribution is 0.0963. The topological polar surface area (TPSA) is 75.3 Å². The van der Waals surface area contributed by atoms with Crippen LogP contribution >= 0.6 is 0 Å². The maximum atomic E-state index is 13.7. The van der Waals surface area contributed by atoms with Gasteiger partial charge in [0.05, 0.1) is 0 Å². The minimum Gasteiger partial charge on any atom is -0.355 e. The molecular weight excluding hydrogens is 319 g/mol. The second kappa shape index (κ2) is 6.89. The molecule has 0 bridgehead atoms. The summed E-state index contributed by atoms with van der Waals surface area (Å²) < 4.78 is 40.5. The summed E-state index contributed by atoms with van der Waals surface area (Å²) in [5.74, 6) is -1.07. The normalized spacial score (nSPS) is 11.3. The molecule has 0 spiro atoms. The maximum absolute atomic E-state index is 13.7. The van der Waals surface area contributed by atoms with Gasteiger partial charge in [0.15, 0.2) is 0 Å². The van der Waals surface area contributed by atoms with Crippen LogP contribution in [0, 0.1) is 12.7 Å². The first kappa shape index (κ1) is 17.1. The minimum absolute atomic E-state index is 0.0411. The van der Waals surface area contributed by atoms with Crippen LogP contribution in [0.2, 0.25) is 0 Å². The average molecular weight is 336 g/mol. The molecule has 5 nitrogen and oxygen atoms in total. The monoisotopic (exact) mass is 336 g/mol. The third-order valence-electron chi connectivity index (χ3n) is 3.26. The van der Waals surface area contributed by atoms with Crippen LogP contribution < -0.4 is 10.0 Å². The van der Waals surface area contributed by atoms with Crippen molar-refractivity contribution in [2.45, 2.75) is 18.4 Å². The first-order valence-corrected chi connectivity index (χ1v) is 8.38. The SMILES string of the molecule is CNC(=O)c1cccc(CNS(=O)(=O)c2cc(C)ccc2F)c1. The van der Waals surface area contributed by atoms with E-state index in [1.807, 2.05) is 0 Å². The van der Waals surface area contributed by atoms with Crippen molar-refractivity contribution in [3.8, 4) is 0 Å². The first-order valence-electron chi connectivity index (χ1n) is 6.90. The van der Waals surface area contributed by atoms with Crippen molar-refractivity contribution in [2.75, 3.05) is 7.05 Å². The summed E-state index contributed by atoms with van der Waals surface area (Å²) >= 11 is 0. The first-order chi connectivity index (χ1) is 10.8. The third-order valence-corrected chi connectivity index (χ3v) is 4.68. The van der Waals surface area contributed by atoms with E-state index in [0.29, 0.717) is 16.7 Å². The molecule has 0 atom stereocenters. The molecular formula is C16H17FN2O3S. The molecule has 2 aromatic carbocycles. The van der Waals surface area contributed by atoms with Crippen molar-refractivity contribution >= 4 is 15.9 Å². The van der Waals surface area contributed by atoms with Crippen LogP contribution in [0.25, 0.3) is 0 Å². The van der Waals surface area contributed by atoms with E-state index in [-0.39, 0.29) is 17.3 Å². The Bertz CT molecular complexity index is 835. The number of aryl methyl sites for hydroxylation is 1. The van der Waals surface area contributed by atoms with Crippen LogP contribution in [0.15, 0.2) is 47.4 Å². The van der Waals surface area contributed by atoms with E-state index in [0.717, 1.165) is 6.07 Å². The lowest BCUT2D eigenvalue weighted by atomic mass is 10.1. The summed E-state index contributed by atoms with van der Waals surface area (Å²) in [6.45, 7) is 1.64. The van der Waals surface area contributed by atoms with Crippen LogP contribution in [-0.2, 0) is 16.6 Å². The number of hydrogen-bond acceptors (Lipinski definition) is 3. The van der Waals surface area contributed by atoms with Gasteiger partial charge in [0, 0.05) is 19.2 Å². The Kier molecular flexibility index (Phi) is 5.12. The van der Waals surface area contributed by atoms with E-state index in [9.17, 15) is 17.6 Å². The Hall–Kier alpha value is -2.25. The zero-order chi connectivity index (χ0) is 17.0. The molecule has 0 fully saturated rings. The molecule has 122 valence electrons. The summed E-state index contributed by atoms with van der Waals surface area (Å²) in [7, 11) is -2.46. The molecule has 0 saturated carbocycles. The van der Waals surface area contributed by atoms with Crippen molar-refractivity contribution in [1.29, 1.82) is 0 Å². The quantitative estimate of drug-likeness (QED) is 0.876. The van der Waals surface area contributed by atoms with E-state index in [1.54, 1.807) is 31.2 Å². The van der Waals surface area contributed by atoms with Gasteiger partial charge in [0.25, 0.3) is 5.91 Å². The number of carbonyl (C=O) groups excluding carboxylic acids is 1. The second-order valence-electron chi connectivity index (χ2n) is 5.04. The number of hydrogen-bond donors (Lipinski definition) is 2. The van der Waals surface area contributed by atoms with Crippen molar-refractivity contribution in [2.24, 2.45) is 0 Å². The van der Waals surface area contributed by atoms with Crippen LogP contribution in [0.1, 0.15) is 21.5 Å². The van der Waals surface area contributed by atoms with Gasteiger partial charge in [-0.2, -0.15) is 0 Å².